The lowest BCUT2D eigenvalue weighted by Gasteiger charge is -2.42. The first-order valence-electron chi connectivity index (χ1n) is 9.74. The van der Waals surface area contributed by atoms with E-state index in [9.17, 15) is 28.5 Å². The minimum atomic E-state index is -1.61. The summed E-state index contributed by atoms with van der Waals surface area (Å²) in [6, 6.07) is 1.92. The first-order chi connectivity index (χ1) is 16.2. The molecular weight excluding hydrogens is 497 g/mol. The van der Waals surface area contributed by atoms with E-state index in [0.29, 0.717) is 4.90 Å². The third kappa shape index (κ3) is 4.63. The van der Waals surface area contributed by atoms with Crippen LogP contribution in [-0.4, -0.2) is 60.4 Å². The molecule has 1 aromatic carbocycles. The van der Waals surface area contributed by atoms with Crippen LogP contribution in [0, 0.1) is 24.0 Å². The Kier molecular flexibility index (Phi) is 7.13. The summed E-state index contributed by atoms with van der Waals surface area (Å²) in [5.74, 6) is -4.34. The van der Waals surface area contributed by atoms with Gasteiger partial charge in [-0.2, -0.15) is 5.10 Å². The monoisotopic (exact) mass is 512 g/mol. The van der Waals surface area contributed by atoms with Crippen LogP contribution in [0.4, 0.5) is 19.0 Å². The quantitative estimate of drug-likeness (QED) is 0.356. The summed E-state index contributed by atoms with van der Waals surface area (Å²) in [4.78, 5) is 7.55. The van der Waals surface area contributed by atoms with Crippen LogP contribution in [0.5, 0.6) is 0 Å². The average Bonchev–Trinajstić information content (AvgIpc) is 3.29. The highest BCUT2D eigenvalue weighted by atomic mass is 35.5. The molecule has 1 aliphatic rings. The van der Waals surface area contributed by atoms with E-state index in [1.807, 2.05) is 0 Å². The van der Waals surface area contributed by atoms with Crippen LogP contribution in [0.25, 0.3) is 16.0 Å². The molecule has 4 rings (SSSR count). The number of ether oxygens (including phenoxy) is 1. The van der Waals surface area contributed by atoms with E-state index in [1.54, 1.807) is 0 Å². The Morgan fingerprint density at radius 3 is 2.47 bits per heavy atom. The van der Waals surface area contributed by atoms with Gasteiger partial charge in [0.05, 0.1) is 17.8 Å². The number of hydrogen-bond acceptors (Lipinski definition) is 7. The summed E-state index contributed by atoms with van der Waals surface area (Å²) in [7, 11) is 0. The maximum Gasteiger partial charge on any atom is 0.283 e. The number of aliphatic hydroxyl groups excluding tert-OH is 3. The lowest BCUT2D eigenvalue weighted by Crippen LogP contribution is -2.54. The second kappa shape index (κ2) is 9.91. The zero-order valence-corrected chi connectivity index (χ0v) is 18.6. The van der Waals surface area contributed by atoms with Gasteiger partial charge in [0, 0.05) is 16.7 Å². The van der Waals surface area contributed by atoms with Gasteiger partial charge in [-0.25, -0.2) is 13.2 Å². The second-order valence-electron chi connectivity index (χ2n) is 7.37. The standard InChI is InChI=1S/C21H16ClF3N4O4S/c1-26-20-15(4-11(22)6-27-20)34-21-19(32)17(18(31)14(8-30)33-21)29-7-10(5-28-29)9-2-12(23)16(25)13(24)3-9/h2-7,14,17-19,21,30-32H,8H2/t14?,17-,18-,19?,21+/m0/s1. The van der Waals surface area contributed by atoms with E-state index in [-0.39, 0.29) is 22.0 Å². The van der Waals surface area contributed by atoms with Gasteiger partial charge in [0.15, 0.2) is 17.5 Å². The van der Waals surface area contributed by atoms with Gasteiger partial charge in [0.1, 0.15) is 36.0 Å². The topological polar surface area (TPSA) is 105 Å². The summed E-state index contributed by atoms with van der Waals surface area (Å²) in [6.07, 6.45) is -0.0977. The van der Waals surface area contributed by atoms with Crippen molar-refractivity contribution in [2.75, 3.05) is 6.61 Å². The molecule has 0 aliphatic carbocycles. The Morgan fingerprint density at radius 1 is 1.12 bits per heavy atom. The molecule has 13 heteroatoms. The molecule has 0 amide bonds. The molecule has 8 nitrogen and oxygen atoms in total. The van der Waals surface area contributed by atoms with Crippen LogP contribution in [-0.2, 0) is 4.74 Å². The molecule has 1 saturated heterocycles. The second-order valence-corrected chi connectivity index (χ2v) is 8.94. The van der Waals surface area contributed by atoms with Gasteiger partial charge in [-0.3, -0.25) is 4.68 Å². The Bertz CT molecular complexity index is 1230. The van der Waals surface area contributed by atoms with Crippen molar-refractivity contribution < 1.29 is 33.2 Å². The summed E-state index contributed by atoms with van der Waals surface area (Å²) in [5.41, 5.74) is -0.877. The zero-order valence-electron chi connectivity index (χ0n) is 17.0. The number of pyridine rings is 1. The van der Waals surface area contributed by atoms with Crippen molar-refractivity contribution in [3.05, 3.63) is 70.7 Å². The molecule has 2 unspecified atom stereocenters. The molecule has 0 spiro atoms. The highest BCUT2D eigenvalue weighted by Crippen LogP contribution is 2.41. The highest BCUT2D eigenvalue weighted by Gasteiger charge is 2.46. The number of rotatable bonds is 5. The van der Waals surface area contributed by atoms with E-state index < -0.39 is 53.8 Å². The molecule has 2 aromatic heterocycles. The van der Waals surface area contributed by atoms with Gasteiger partial charge in [-0.15, -0.1) is 16.7 Å². The lowest BCUT2D eigenvalue weighted by atomic mass is 9.97. The molecule has 3 heterocycles. The molecular formula is C21H16ClF3N4O4S. The van der Waals surface area contributed by atoms with E-state index in [1.165, 1.54) is 29.3 Å². The van der Waals surface area contributed by atoms with Crippen LogP contribution in [0.2, 0.25) is 5.02 Å². The number of thioether (sulfide) groups is 1. The van der Waals surface area contributed by atoms with Crippen LogP contribution in [0.3, 0.4) is 0 Å². The predicted molar refractivity (Wildman–Crippen MR) is 116 cm³/mol. The number of nitrogens with zero attached hydrogens (tertiary/aromatic N) is 4. The molecule has 3 aromatic rings. The van der Waals surface area contributed by atoms with E-state index in [2.05, 4.69) is 14.9 Å². The Balaban J connectivity index is 1.66. The number of benzene rings is 1. The van der Waals surface area contributed by atoms with Gasteiger partial charge in [0.25, 0.3) is 5.82 Å². The molecule has 1 aliphatic heterocycles. The SMILES string of the molecule is [C-]#[N+]c1ncc(Cl)cc1S[C@H]1OC(CO)[C@H](O)[C@H](n2cc(-c3cc(F)c(F)c(F)c3)cn2)C1O. The van der Waals surface area contributed by atoms with Gasteiger partial charge in [-0.05, 0) is 23.8 Å². The Hall–Kier alpha value is -2.66. The number of aromatic nitrogens is 3. The lowest BCUT2D eigenvalue weighted by molar-refractivity contribution is -0.178. The van der Waals surface area contributed by atoms with Gasteiger partial charge in [0.2, 0.25) is 0 Å². The van der Waals surface area contributed by atoms with Crippen LogP contribution >= 0.6 is 23.4 Å². The third-order valence-electron chi connectivity index (χ3n) is 5.22. The van der Waals surface area contributed by atoms with Crippen molar-refractivity contribution in [3.63, 3.8) is 0 Å². The van der Waals surface area contributed by atoms with E-state index in [0.717, 1.165) is 23.9 Å². The minimum absolute atomic E-state index is 0.00461. The predicted octanol–water partition coefficient (Wildman–Crippen LogP) is 3.34. The molecule has 0 saturated carbocycles. The van der Waals surface area contributed by atoms with Crippen molar-refractivity contribution in [3.8, 4) is 11.1 Å². The molecule has 1 fully saturated rings. The smallest absolute Gasteiger partial charge is 0.283 e. The molecule has 5 atom stereocenters. The first-order valence-corrected chi connectivity index (χ1v) is 11.0. The molecule has 0 radical (unpaired) electrons. The van der Waals surface area contributed by atoms with Crippen LogP contribution in [0.1, 0.15) is 6.04 Å². The Labute approximate surface area is 200 Å². The van der Waals surface area contributed by atoms with Gasteiger partial charge < -0.3 is 24.9 Å². The highest BCUT2D eigenvalue weighted by molar-refractivity contribution is 8.00. The summed E-state index contributed by atoms with van der Waals surface area (Å²) in [6.45, 7) is 6.67. The average molecular weight is 513 g/mol. The van der Waals surface area contributed by atoms with Crippen molar-refractivity contribution in [1.82, 2.24) is 14.8 Å². The molecule has 0 bridgehead atoms. The fourth-order valence-electron chi connectivity index (χ4n) is 3.56. The molecule has 3 N–H and O–H groups in total. The van der Waals surface area contributed by atoms with Gasteiger partial charge in [-0.1, -0.05) is 18.2 Å². The zero-order chi connectivity index (χ0) is 24.6. The van der Waals surface area contributed by atoms with Crippen molar-refractivity contribution in [1.29, 1.82) is 0 Å². The summed E-state index contributed by atoms with van der Waals surface area (Å²) in [5, 5.41) is 35.8. The first kappa shape index (κ1) is 24.5. The number of hydrogen-bond donors (Lipinski definition) is 3. The van der Waals surface area contributed by atoms with Crippen molar-refractivity contribution >= 4 is 29.2 Å². The number of halogens is 4. The van der Waals surface area contributed by atoms with Crippen LogP contribution < -0.4 is 0 Å². The third-order valence-corrected chi connectivity index (χ3v) is 6.60. The maximum atomic E-state index is 13.7. The Morgan fingerprint density at radius 2 is 1.82 bits per heavy atom. The molecule has 178 valence electrons. The normalized spacial score (nSPS) is 24.7. The van der Waals surface area contributed by atoms with Crippen molar-refractivity contribution in [2.24, 2.45) is 0 Å². The van der Waals surface area contributed by atoms with E-state index >= 15 is 0 Å². The number of aliphatic hydroxyl groups is 3. The summed E-state index contributed by atoms with van der Waals surface area (Å²) < 4.78 is 47.4. The maximum absolute atomic E-state index is 13.7. The van der Waals surface area contributed by atoms with E-state index in [4.69, 9.17) is 22.9 Å². The summed E-state index contributed by atoms with van der Waals surface area (Å²) >= 11 is 6.90. The minimum Gasteiger partial charge on any atom is -0.394 e. The molecule has 34 heavy (non-hydrogen) atoms. The van der Waals surface area contributed by atoms with Gasteiger partial charge >= 0.3 is 0 Å². The largest absolute Gasteiger partial charge is 0.394 e. The fourth-order valence-corrected chi connectivity index (χ4v) is 4.93. The van der Waals surface area contributed by atoms with Crippen molar-refractivity contribution in [2.45, 2.75) is 34.7 Å². The fraction of sp³-hybridized carbons (Fsp3) is 0.286. The van der Waals surface area contributed by atoms with Crippen LogP contribution in [0.15, 0.2) is 41.7 Å².